The number of benzene rings is 4. The van der Waals surface area contributed by atoms with Crippen LogP contribution < -0.4 is 5.46 Å². The molecule has 1 fully saturated rings. The number of halogens is 1. The lowest BCUT2D eigenvalue weighted by atomic mass is 9.76. The molecule has 12 heteroatoms. The Morgan fingerprint density at radius 3 is 1.43 bits per heavy atom. The van der Waals surface area contributed by atoms with Gasteiger partial charge >= 0.3 is 7.12 Å². The molecular weight excluding hydrogens is 595 g/mol. The highest BCUT2D eigenvalue weighted by Crippen LogP contribution is 2.37. The Morgan fingerprint density at radius 2 is 0.976 bits per heavy atom. The molecule has 8 nitrogen and oxygen atoms in total. The van der Waals surface area contributed by atoms with Crippen molar-refractivity contribution in [3.05, 3.63) is 77.8 Å². The third-order valence-corrected chi connectivity index (χ3v) is 11.8. The molecule has 224 valence electrons. The minimum atomic E-state index is -3.54. The van der Waals surface area contributed by atoms with E-state index < -0.39 is 38.4 Å². The zero-order valence-corrected chi connectivity index (χ0v) is 27.4. The summed E-state index contributed by atoms with van der Waals surface area (Å²) in [5.74, 6) is 0. The largest absolute Gasteiger partial charge is 0.495 e. The van der Waals surface area contributed by atoms with E-state index in [1.54, 1.807) is 36.4 Å². The number of fused-ring (bicyclic) bond motifs is 2. The fourth-order valence-corrected chi connectivity index (χ4v) is 6.95. The van der Waals surface area contributed by atoms with Gasteiger partial charge in [0.2, 0.25) is 20.0 Å². The van der Waals surface area contributed by atoms with Gasteiger partial charge in [-0.05, 0) is 56.7 Å². The van der Waals surface area contributed by atoms with Crippen molar-refractivity contribution in [1.82, 2.24) is 8.61 Å². The second-order valence-electron chi connectivity index (χ2n) is 11.5. The zero-order valence-electron chi connectivity index (χ0n) is 25.0. The first-order valence-electron chi connectivity index (χ1n) is 13.3. The van der Waals surface area contributed by atoms with Crippen LogP contribution in [0.25, 0.3) is 21.5 Å². The first-order valence-corrected chi connectivity index (χ1v) is 16.6. The molecule has 0 unspecified atom stereocenters. The molecule has 4 aromatic carbocycles. The number of nitrogens with zero attached hydrogens (tertiary/aromatic N) is 2. The fraction of sp³-hybridized carbons (Fsp3) is 0.333. The average molecular weight is 631 g/mol. The number of hydrogen-bond acceptors (Lipinski definition) is 6. The molecule has 1 aliphatic heterocycles. The number of sulfonamides is 2. The van der Waals surface area contributed by atoms with Crippen LogP contribution in [0.15, 0.2) is 82.6 Å². The lowest BCUT2D eigenvalue weighted by molar-refractivity contribution is 0.00578. The van der Waals surface area contributed by atoms with Crippen LogP contribution >= 0.6 is 11.6 Å². The minimum Gasteiger partial charge on any atom is -0.399 e. The van der Waals surface area contributed by atoms with Gasteiger partial charge < -0.3 is 9.31 Å². The highest BCUT2D eigenvalue weighted by Gasteiger charge is 2.52. The molecule has 0 N–H and O–H groups in total. The molecule has 0 radical (unpaired) electrons. The van der Waals surface area contributed by atoms with Crippen molar-refractivity contribution >= 4 is 65.8 Å². The molecular formula is C30H36BClN2O6S2. The van der Waals surface area contributed by atoms with Gasteiger partial charge in [0.05, 0.1) is 21.0 Å². The standard InChI is InChI=1S/C18H24BNO4S.C12H12ClNO2S/c1-17(2)18(3,4)24-19(23-17)15-11-12-16(25(21,22)20(5)6)14-10-8-7-9-13(14)15;1-14(2)17(15,16)12-8-7-11(13)9-5-3-4-6-10(9)12/h7-12H,1-6H3;3-8H,1-2H3. The summed E-state index contributed by atoms with van der Waals surface area (Å²) >= 11 is 6.05. The van der Waals surface area contributed by atoms with E-state index in [1.807, 2.05) is 64.1 Å². The molecule has 0 amide bonds. The van der Waals surface area contributed by atoms with Gasteiger partial charge in [-0.15, -0.1) is 0 Å². The highest BCUT2D eigenvalue weighted by atomic mass is 35.5. The van der Waals surface area contributed by atoms with Crippen LogP contribution in [0.5, 0.6) is 0 Å². The molecule has 1 heterocycles. The third kappa shape index (κ3) is 5.84. The molecule has 1 saturated heterocycles. The van der Waals surface area contributed by atoms with Gasteiger partial charge in [0.25, 0.3) is 0 Å². The molecule has 4 aromatic rings. The monoisotopic (exact) mass is 630 g/mol. The van der Waals surface area contributed by atoms with E-state index in [2.05, 4.69) is 0 Å². The van der Waals surface area contributed by atoms with Crippen LogP contribution in [-0.4, -0.2) is 72.0 Å². The summed E-state index contributed by atoms with van der Waals surface area (Å²) in [6.07, 6.45) is 0. The topological polar surface area (TPSA) is 93.2 Å². The van der Waals surface area contributed by atoms with Crippen molar-refractivity contribution in [3.8, 4) is 0 Å². The van der Waals surface area contributed by atoms with Gasteiger partial charge in [-0.2, -0.15) is 0 Å². The molecule has 1 aliphatic rings. The first kappa shape index (κ1) is 32.4. The number of hydrogen-bond donors (Lipinski definition) is 0. The van der Waals surface area contributed by atoms with Gasteiger partial charge in [0.1, 0.15) is 0 Å². The van der Waals surface area contributed by atoms with Gasteiger partial charge in [-0.3, -0.25) is 0 Å². The van der Waals surface area contributed by atoms with E-state index in [-0.39, 0.29) is 9.79 Å². The Labute approximate surface area is 254 Å². The summed E-state index contributed by atoms with van der Waals surface area (Å²) in [5, 5.41) is 3.44. The van der Waals surface area contributed by atoms with E-state index in [9.17, 15) is 16.8 Å². The average Bonchev–Trinajstić information content (AvgIpc) is 3.14. The summed E-state index contributed by atoms with van der Waals surface area (Å²) < 4.78 is 64.3. The van der Waals surface area contributed by atoms with Crippen LogP contribution in [0, 0.1) is 0 Å². The van der Waals surface area contributed by atoms with Crippen LogP contribution in [-0.2, 0) is 29.4 Å². The van der Waals surface area contributed by atoms with Gasteiger partial charge in [0, 0.05) is 49.4 Å². The summed E-state index contributed by atoms with van der Waals surface area (Å²) in [6.45, 7) is 8.00. The van der Waals surface area contributed by atoms with Crippen LogP contribution in [0.3, 0.4) is 0 Å². The van der Waals surface area contributed by atoms with Crippen molar-refractivity contribution < 1.29 is 26.1 Å². The maximum absolute atomic E-state index is 12.6. The second kappa shape index (κ2) is 11.5. The summed E-state index contributed by atoms with van der Waals surface area (Å²) in [7, 11) is -1.43. The minimum absolute atomic E-state index is 0.280. The molecule has 0 bridgehead atoms. The molecule has 0 aromatic heterocycles. The molecule has 0 aliphatic carbocycles. The zero-order chi connectivity index (χ0) is 31.3. The summed E-state index contributed by atoms with van der Waals surface area (Å²) in [5.41, 5.74) is -0.0627. The lowest BCUT2D eigenvalue weighted by Crippen LogP contribution is -2.41. The van der Waals surface area contributed by atoms with E-state index in [1.165, 1.54) is 36.8 Å². The van der Waals surface area contributed by atoms with Crippen LogP contribution in [0.4, 0.5) is 0 Å². The van der Waals surface area contributed by atoms with Gasteiger partial charge in [-0.25, -0.2) is 25.4 Å². The first-order chi connectivity index (χ1) is 19.4. The van der Waals surface area contributed by atoms with E-state index in [0.29, 0.717) is 15.8 Å². The maximum Gasteiger partial charge on any atom is 0.495 e. The summed E-state index contributed by atoms with van der Waals surface area (Å²) in [4.78, 5) is 0.566. The lowest BCUT2D eigenvalue weighted by Gasteiger charge is -2.32. The number of rotatable bonds is 5. The Balaban J connectivity index is 0.000000208. The van der Waals surface area contributed by atoms with Crippen molar-refractivity contribution in [2.24, 2.45) is 0 Å². The molecule has 0 atom stereocenters. The third-order valence-electron chi connectivity index (χ3n) is 7.77. The predicted octanol–water partition coefficient (Wildman–Crippen LogP) is 5.13. The Kier molecular flexibility index (Phi) is 8.90. The van der Waals surface area contributed by atoms with Gasteiger partial charge in [-0.1, -0.05) is 66.2 Å². The smallest absolute Gasteiger partial charge is 0.399 e. The maximum atomic E-state index is 12.6. The summed E-state index contributed by atoms with van der Waals surface area (Å²) in [6, 6.07) is 21.2. The predicted molar refractivity (Wildman–Crippen MR) is 170 cm³/mol. The van der Waals surface area contributed by atoms with E-state index in [0.717, 1.165) is 16.2 Å². The Bertz CT molecular complexity index is 1840. The molecule has 5 rings (SSSR count). The fourth-order valence-electron chi connectivity index (χ4n) is 4.55. The Hall–Kier alpha value is -2.51. The SMILES string of the molecule is CN(C)S(=O)(=O)c1ccc(B2OC(C)(C)C(C)(C)O2)c2ccccc12.CN(C)S(=O)(=O)c1ccc(Cl)c2ccccc12. The highest BCUT2D eigenvalue weighted by molar-refractivity contribution is 7.89. The molecule has 0 spiro atoms. The van der Waals surface area contributed by atoms with Crippen LogP contribution in [0.1, 0.15) is 27.7 Å². The van der Waals surface area contributed by atoms with Gasteiger partial charge in [0.15, 0.2) is 0 Å². The second-order valence-corrected chi connectivity index (χ2v) is 16.1. The van der Waals surface area contributed by atoms with Crippen molar-refractivity contribution in [1.29, 1.82) is 0 Å². The molecule has 42 heavy (non-hydrogen) atoms. The van der Waals surface area contributed by atoms with E-state index >= 15 is 0 Å². The Morgan fingerprint density at radius 1 is 0.595 bits per heavy atom. The molecule has 0 saturated carbocycles. The van der Waals surface area contributed by atoms with Crippen molar-refractivity contribution in [2.45, 2.75) is 48.7 Å². The van der Waals surface area contributed by atoms with E-state index in [4.69, 9.17) is 20.9 Å². The van der Waals surface area contributed by atoms with Crippen molar-refractivity contribution in [2.75, 3.05) is 28.2 Å². The van der Waals surface area contributed by atoms with Crippen LogP contribution in [0.2, 0.25) is 5.02 Å². The van der Waals surface area contributed by atoms with Crippen molar-refractivity contribution in [3.63, 3.8) is 0 Å². The quantitative estimate of drug-likeness (QED) is 0.284. The normalized spacial score (nSPS) is 16.7.